The maximum atomic E-state index is 12.9. The lowest BCUT2D eigenvalue weighted by Gasteiger charge is -2.16. The Hall–Kier alpha value is -4.58. The number of urea groups is 1. The van der Waals surface area contributed by atoms with Crippen LogP contribution in [0.25, 0.3) is 11.2 Å². The summed E-state index contributed by atoms with van der Waals surface area (Å²) in [5.41, 5.74) is 1.17. The van der Waals surface area contributed by atoms with Gasteiger partial charge in [-0.05, 0) is 36.6 Å². The van der Waals surface area contributed by atoms with Crippen molar-refractivity contribution in [3.63, 3.8) is 0 Å². The summed E-state index contributed by atoms with van der Waals surface area (Å²) in [6.45, 7) is 2.01. The lowest BCUT2D eigenvalue weighted by atomic mass is 10.1. The molecule has 14 heteroatoms. The quantitative estimate of drug-likeness (QED) is 0.182. The standard InChI is InChI=1S/C28H26ClN7O6/c1-2-30-26(40)23-21(38)22(39)27(42-23)36-14-31-20-24(35-28(41)32-17-10-6-9-16(29)13-17)33-19(34-25(20)36)12-11-18(37)15-7-4-3-5-8-15/h3-10,13-14,18,21-23,27,37-39H,2H2,1H3,(H,30,40)(H2,32,33,34,35,41)/t18?,21-,22+,23-,27+/m0/s1. The second-order valence-electron chi connectivity index (χ2n) is 9.21. The molecule has 4 aromatic rings. The number of rotatable bonds is 6. The van der Waals surface area contributed by atoms with Crippen molar-refractivity contribution in [2.24, 2.45) is 0 Å². The first-order chi connectivity index (χ1) is 20.2. The molecule has 1 unspecified atom stereocenters. The molecule has 5 atom stereocenters. The van der Waals surface area contributed by atoms with E-state index in [9.17, 15) is 24.9 Å². The fourth-order valence-electron chi connectivity index (χ4n) is 4.31. The SMILES string of the molecule is CCNC(=O)[C@H]1O[C@@H](n2cnc3c(NC(=O)Nc4cccc(Cl)c4)nc(C#CC(O)c4ccccc4)nc32)[C@H](O)[C@@H]1O. The molecule has 2 aromatic heterocycles. The zero-order chi connectivity index (χ0) is 29.8. The fourth-order valence-corrected chi connectivity index (χ4v) is 4.50. The van der Waals surface area contributed by atoms with Gasteiger partial charge in [-0.2, -0.15) is 0 Å². The Morgan fingerprint density at radius 2 is 1.88 bits per heavy atom. The van der Waals surface area contributed by atoms with Crippen molar-refractivity contribution < 1.29 is 29.6 Å². The molecule has 42 heavy (non-hydrogen) atoms. The van der Waals surface area contributed by atoms with Crippen LogP contribution in [0.2, 0.25) is 5.02 Å². The van der Waals surface area contributed by atoms with Gasteiger partial charge in [-0.25, -0.2) is 19.7 Å². The molecule has 1 aliphatic rings. The van der Waals surface area contributed by atoms with E-state index >= 15 is 0 Å². The first-order valence-corrected chi connectivity index (χ1v) is 13.2. The van der Waals surface area contributed by atoms with Crippen LogP contribution in [0.3, 0.4) is 0 Å². The average Bonchev–Trinajstić information content (AvgIpc) is 3.52. The number of nitrogens with one attached hydrogen (secondary N) is 3. The number of imidazole rings is 1. The highest BCUT2D eigenvalue weighted by atomic mass is 35.5. The smallest absolute Gasteiger partial charge is 0.324 e. The van der Waals surface area contributed by atoms with E-state index in [0.717, 1.165) is 0 Å². The van der Waals surface area contributed by atoms with Gasteiger partial charge in [0.25, 0.3) is 5.91 Å². The van der Waals surface area contributed by atoms with Crippen molar-refractivity contribution in [3.8, 4) is 11.8 Å². The average molecular weight is 592 g/mol. The number of aliphatic hydroxyl groups excluding tert-OH is 3. The van der Waals surface area contributed by atoms with Crippen LogP contribution < -0.4 is 16.0 Å². The third-order valence-electron chi connectivity index (χ3n) is 6.29. The number of carbonyl (C=O) groups is 2. The summed E-state index contributed by atoms with van der Waals surface area (Å²) in [5, 5.41) is 40.0. The van der Waals surface area contributed by atoms with Gasteiger partial charge < -0.3 is 30.7 Å². The second-order valence-corrected chi connectivity index (χ2v) is 9.65. The molecule has 1 saturated heterocycles. The first kappa shape index (κ1) is 28.9. The molecule has 3 heterocycles. The maximum Gasteiger partial charge on any atom is 0.324 e. The second kappa shape index (κ2) is 12.5. The Kier molecular flexibility index (Phi) is 8.62. The predicted molar refractivity (Wildman–Crippen MR) is 152 cm³/mol. The molecule has 5 rings (SSSR count). The van der Waals surface area contributed by atoms with Gasteiger partial charge in [0.2, 0.25) is 5.82 Å². The van der Waals surface area contributed by atoms with Gasteiger partial charge in [0.05, 0.1) is 6.33 Å². The topological polar surface area (TPSA) is 184 Å². The molecular weight excluding hydrogens is 566 g/mol. The van der Waals surface area contributed by atoms with Crippen molar-refractivity contribution >= 4 is 46.2 Å². The van der Waals surface area contributed by atoms with Crippen molar-refractivity contribution in [2.45, 2.75) is 37.6 Å². The van der Waals surface area contributed by atoms with Crippen LogP contribution in [0, 0.1) is 11.8 Å². The minimum Gasteiger partial charge on any atom is -0.387 e. The lowest BCUT2D eigenvalue weighted by molar-refractivity contribution is -0.137. The molecule has 0 saturated carbocycles. The van der Waals surface area contributed by atoms with E-state index in [1.165, 1.54) is 10.9 Å². The number of anilines is 2. The van der Waals surface area contributed by atoms with Crippen LogP contribution in [-0.2, 0) is 9.53 Å². The van der Waals surface area contributed by atoms with Crippen LogP contribution in [0.5, 0.6) is 0 Å². The zero-order valence-corrected chi connectivity index (χ0v) is 22.9. The number of fused-ring (bicyclic) bond motifs is 1. The number of aromatic nitrogens is 4. The van der Waals surface area contributed by atoms with Crippen LogP contribution >= 0.6 is 11.6 Å². The molecule has 2 aromatic carbocycles. The number of nitrogens with zero attached hydrogens (tertiary/aromatic N) is 4. The summed E-state index contributed by atoms with van der Waals surface area (Å²) in [6, 6.07) is 14.6. The molecule has 0 bridgehead atoms. The largest absolute Gasteiger partial charge is 0.387 e. The number of hydrogen-bond acceptors (Lipinski definition) is 9. The van der Waals surface area contributed by atoms with E-state index in [1.807, 2.05) is 0 Å². The van der Waals surface area contributed by atoms with E-state index in [4.69, 9.17) is 16.3 Å². The summed E-state index contributed by atoms with van der Waals surface area (Å²) in [6.07, 6.45) is -5.51. The monoisotopic (exact) mass is 591 g/mol. The number of halogens is 1. The summed E-state index contributed by atoms with van der Waals surface area (Å²) < 4.78 is 7.03. The Labute approximate surface area is 244 Å². The van der Waals surface area contributed by atoms with Crippen molar-refractivity contribution in [1.82, 2.24) is 24.8 Å². The molecule has 6 N–H and O–H groups in total. The molecule has 1 fully saturated rings. The summed E-state index contributed by atoms with van der Waals surface area (Å²) in [7, 11) is 0. The Morgan fingerprint density at radius 1 is 1.10 bits per heavy atom. The molecule has 216 valence electrons. The number of amides is 3. The normalized spacial score (nSPS) is 20.4. The first-order valence-electron chi connectivity index (χ1n) is 12.9. The number of carbonyl (C=O) groups excluding carboxylic acids is 2. The maximum absolute atomic E-state index is 12.9. The van der Waals surface area contributed by atoms with Gasteiger partial charge in [-0.15, -0.1) is 0 Å². The van der Waals surface area contributed by atoms with E-state index in [-0.39, 0.29) is 22.8 Å². The predicted octanol–water partition coefficient (Wildman–Crippen LogP) is 1.96. The number of benzene rings is 2. The van der Waals surface area contributed by atoms with E-state index < -0.39 is 42.6 Å². The minimum absolute atomic E-state index is 0.0370. The molecule has 0 aliphatic carbocycles. The number of hydrogen-bond donors (Lipinski definition) is 6. The van der Waals surface area contributed by atoms with Gasteiger partial charge in [-0.1, -0.05) is 53.9 Å². The highest BCUT2D eigenvalue weighted by Gasteiger charge is 2.47. The van der Waals surface area contributed by atoms with E-state index in [1.54, 1.807) is 61.5 Å². The molecule has 1 aliphatic heterocycles. The molecule has 0 spiro atoms. The van der Waals surface area contributed by atoms with E-state index in [2.05, 4.69) is 42.7 Å². The highest BCUT2D eigenvalue weighted by molar-refractivity contribution is 6.30. The third kappa shape index (κ3) is 6.18. The zero-order valence-electron chi connectivity index (χ0n) is 22.1. The number of ether oxygens (including phenoxy) is 1. The van der Waals surface area contributed by atoms with Crippen molar-refractivity contribution in [3.05, 3.63) is 77.3 Å². The van der Waals surface area contributed by atoms with Gasteiger partial charge in [-0.3, -0.25) is 14.7 Å². The summed E-state index contributed by atoms with van der Waals surface area (Å²) in [4.78, 5) is 38.3. The number of aliphatic hydroxyl groups is 3. The molecular formula is C28H26ClN7O6. The Balaban J connectivity index is 1.51. The van der Waals surface area contributed by atoms with Crippen molar-refractivity contribution in [1.29, 1.82) is 0 Å². The van der Waals surface area contributed by atoms with Crippen LogP contribution in [0.4, 0.5) is 16.3 Å². The Morgan fingerprint density at radius 3 is 2.62 bits per heavy atom. The summed E-state index contributed by atoms with van der Waals surface area (Å²) >= 11 is 6.01. The summed E-state index contributed by atoms with van der Waals surface area (Å²) in [5.74, 6) is 4.66. The fraction of sp³-hybridized carbons (Fsp3) is 0.250. The minimum atomic E-state index is -1.53. The van der Waals surface area contributed by atoms with Crippen LogP contribution in [-0.4, -0.2) is 71.6 Å². The van der Waals surface area contributed by atoms with Gasteiger partial charge in [0.1, 0.15) is 18.3 Å². The lowest BCUT2D eigenvalue weighted by Crippen LogP contribution is -2.42. The highest BCUT2D eigenvalue weighted by Crippen LogP contribution is 2.33. The number of likely N-dealkylation sites (N-methyl/N-ethyl adjacent to an activating group) is 1. The third-order valence-corrected chi connectivity index (χ3v) is 6.53. The molecule has 3 amide bonds. The van der Waals surface area contributed by atoms with Crippen LogP contribution in [0.15, 0.2) is 60.9 Å². The van der Waals surface area contributed by atoms with Gasteiger partial charge in [0.15, 0.2) is 29.3 Å². The van der Waals surface area contributed by atoms with Crippen molar-refractivity contribution in [2.75, 3.05) is 17.2 Å². The van der Waals surface area contributed by atoms with E-state index in [0.29, 0.717) is 22.8 Å². The molecule has 0 radical (unpaired) electrons. The molecule has 13 nitrogen and oxygen atoms in total. The Bertz CT molecular complexity index is 1670. The van der Waals surface area contributed by atoms with Gasteiger partial charge >= 0.3 is 6.03 Å². The van der Waals surface area contributed by atoms with Gasteiger partial charge in [0, 0.05) is 17.3 Å². The van der Waals surface area contributed by atoms with Crippen LogP contribution in [0.1, 0.15) is 30.6 Å².